The first-order chi connectivity index (χ1) is 7.65. The average molecular weight is 222 g/mol. The number of aryl methyl sites for hydroxylation is 1. The average Bonchev–Trinajstić information content (AvgIpc) is 2.83. The van der Waals surface area contributed by atoms with Gasteiger partial charge in [0.05, 0.1) is 12.6 Å². The highest BCUT2D eigenvalue weighted by atomic mass is 16.6. The molecule has 2 aromatic heterocycles. The molecule has 84 valence electrons. The summed E-state index contributed by atoms with van der Waals surface area (Å²) in [4.78, 5) is 9.80. The van der Waals surface area contributed by atoms with E-state index in [9.17, 15) is 10.1 Å². The highest BCUT2D eigenvalue weighted by molar-refractivity contribution is 5.33. The zero-order valence-electron chi connectivity index (χ0n) is 8.58. The topological polar surface area (TPSA) is 86.1 Å². The second kappa shape index (κ2) is 4.05. The quantitative estimate of drug-likeness (QED) is 0.626. The molecular formula is C9H10N4O3. The predicted molar refractivity (Wildman–Crippen MR) is 55.9 cm³/mol. The van der Waals surface area contributed by atoms with Gasteiger partial charge in [-0.15, -0.1) is 0 Å². The lowest BCUT2D eigenvalue weighted by Crippen LogP contribution is -1.99. The third-order valence-corrected chi connectivity index (χ3v) is 1.98. The maximum absolute atomic E-state index is 10.4. The maximum Gasteiger partial charge on any atom is 0.433 e. The fourth-order valence-electron chi connectivity index (χ4n) is 1.25. The molecular weight excluding hydrogens is 212 g/mol. The van der Waals surface area contributed by atoms with Crippen LogP contribution in [0.25, 0.3) is 0 Å². The fraction of sp³-hybridized carbons (Fsp3) is 0.222. The molecule has 0 aliphatic heterocycles. The zero-order chi connectivity index (χ0) is 11.5. The van der Waals surface area contributed by atoms with Crippen molar-refractivity contribution in [1.82, 2.24) is 9.78 Å². The summed E-state index contributed by atoms with van der Waals surface area (Å²) in [5, 5.41) is 17.5. The van der Waals surface area contributed by atoms with E-state index in [-0.39, 0.29) is 5.88 Å². The van der Waals surface area contributed by atoms with Crippen LogP contribution in [0.3, 0.4) is 0 Å². The van der Waals surface area contributed by atoms with Crippen molar-refractivity contribution >= 4 is 11.7 Å². The zero-order valence-corrected chi connectivity index (χ0v) is 8.58. The van der Waals surface area contributed by atoms with E-state index in [1.54, 1.807) is 23.0 Å². The van der Waals surface area contributed by atoms with Crippen molar-refractivity contribution < 1.29 is 9.34 Å². The van der Waals surface area contributed by atoms with E-state index in [1.807, 2.05) is 7.05 Å². The predicted octanol–water partition coefficient (Wildman–Crippen LogP) is 1.53. The van der Waals surface area contributed by atoms with Crippen molar-refractivity contribution in [2.45, 2.75) is 6.54 Å². The molecule has 0 saturated carbocycles. The lowest BCUT2D eigenvalue weighted by Gasteiger charge is -1.98. The third-order valence-electron chi connectivity index (χ3n) is 1.98. The summed E-state index contributed by atoms with van der Waals surface area (Å²) in [5.41, 5.74) is 0. The van der Waals surface area contributed by atoms with Crippen molar-refractivity contribution in [3.63, 3.8) is 0 Å². The Hall–Kier alpha value is -2.31. The molecule has 16 heavy (non-hydrogen) atoms. The molecule has 0 saturated heterocycles. The number of aromatic nitrogens is 2. The first kappa shape index (κ1) is 10.2. The van der Waals surface area contributed by atoms with E-state index in [0.717, 1.165) is 0 Å². The molecule has 2 rings (SSSR count). The summed E-state index contributed by atoms with van der Waals surface area (Å²) < 4.78 is 6.64. The molecule has 0 atom stereocenters. The van der Waals surface area contributed by atoms with E-state index in [0.29, 0.717) is 18.1 Å². The van der Waals surface area contributed by atoms with Crippen molar-refractivity contribution in [3.8, 4) is 0 Å². The number of nitrogens with one attached hydrogen (secondary N) is 1. The van der Waals surface area contributed by atoms with Crippen LogP contribution >= 0.6 is 0 Å². The van der Waals surface area contributed by atoms with Crippen LogP contribution in [0.2, 0.25) is 0 Å². The first-order valence-corrected chi connectivity index (χ1v) is 4.62. The molecule has 2 aromatic rings. The van der Waals surface area contributed by atoms with E-state index in [2.05, 4.69) is 10.4 Å². The molecule has 0 aliphatic rings. The number of anilines is 1. The summed E-state index contributed by atoms with van der Waals surface area (Å²) in [6.45, 7) is 0.366. The van der Waals surface area contributed by atoms with Gasteiger partial charge in [0, 0.05) is 19.3 Å². The van der Waals surface area contributed by atoms with E-state index in [4.69, 9.17) is 4.42 Å². The Labute approximate surface area is 90.8 Å². The van der Waals surface area contributed by atoms with Gasteiger partial charge in [0.1, 0.15) is 16.5 Å². The van der Waals surface area contributed by atoms with Gasteiger partial charge in [-0.25, -0.2) is 0 Å². The van der Waals surface area contributed by atoms with Crippen LogP contribution in [0.4, 0.5) is 11.7 Å². The van der Waals surface area contributed by atoms with Crippen LogP contribution in [-0.2, 0) is 13.6 Å². The lowest BCUT2D eigenvalue weighted by atomic mass is 10.4. The van der Waals surface area contributed by atoms with E-state index < -0.39 is 4.92 Å². The second-order valence-corrected chi connectivity index (χ2v) is 3.23. The van der Waals surface area contributed by atoms with Crippen LogP contribution in [0, 0.1) is 10.1 Å². The third kappa shape index (κ3) is 2.19. The van der Waals surface area contributed by atoms with Gasteiger partial charge in [0.2, 0.25) is 0 Å². The van der Waals surface area contributed by atoms with Gasteiger partial charge in [0.25, 0.3) is 0 Å². The number of nitrogens with zero attached hydrogens (tertiary/aromatic N) is 3. The van der Waals surface area contributed by atoms with Gasteiger partial charge in [-0.3, -0.25) is 14.8 Å². The van der Waals surface area contributed by atoms with Crippen LogP contribution in [0.5, 0.6) is 0 Å². The second-order valence-electron chi connectivity index (χ2n) is 3.23. The molecule has 0 bridgehead atoms. The van der Waals surface area contributed by atoms with Gasteiger partial charge in [-0.05, 0) is 6.07 Å². The fourth-order valence-corrected chi connectivity index (χ4v) is 1.25. The Morgan fingerprint density at radius 2 is 2.38 bits per heavy atom. The Bertz CT molecular complexity index is 502. The molecule has 7 nitrogen and oxygen atoms in total. The molecule has 0 fully saturated rings. The molecule has 0 radical (unpaired) electrons. The van der Waals surface area contributed by atoms with E-state index in [1.165, 1.54) is 6.07 Å². The monoisotopic (exact) mass is 222 g/mol. The van der Waals surface area contributed by atoms with Gasteiger partial charge in [-0.2, -0.15) is 5.10 Å². The summed E-state index contributed by atoms with van der Waals surface area (Å²) in [6, 6.07) is 4.70. The van der Waals surface area contributed by atoms with Crippen LogP contribution in [-0.4, -0.2) is 14.7 Å². The molecule has 0 unspecified atom stereocenters. The summed E-state index contributed by atoms with van der Waals surface area (Å²) in [5.74, 6) is 0.941. The maximum atomic E-state index is 10.4. The number of furan rings is 1. The number of nitro groups is 1. The molecule has 0 amide bonds. The molecule has 0 aliphatic carbocycles. The van der Waals surface area contributed by atoms with E-state index >= 15 is 0 Å². The minimum Gasteiger partial charge on any atom is -0.404 e. The van der Waals surface area contributed by atoms with Gasteiger partial charge >= 0.3 is 5.88 Å². The highest BCUT2D eigenvalue weighted by Gasteiger charge is 2.11. The highest BCUT2D eigenvalue weighted by Crippen LogP contribution is 2.16. The van der Waals surface area contributed by atoms with Crippen LogP contribution in [0.1, 0.15) is 5.76 Å². The van der Waals surface area contributed by atoms with Crippen molar-refractivity contribution in [1.29, 1.82) is 0 Å². The number of hydrogen-bond donors (Lipinski definition) is 1. The Balaban J connectivity index is 1.97. The summed E-state index contributed by atoms with van der Waals surface area (Å²) in [7, 11) is 1.81. The Kier molecular flexibility index (Phi) is 2.59. The summed E-state index contributed by atoms with van der Waals surface area (Å²) >= 11 is 0. The van der Waals surface area contributed by atoms with Crippen LogP contribution < -0.4 is 5.32 Å². The number of hydrogen-bond acceptors (Lipinski definition) is 5. The van der Waals surface area contributed by atoms with Crippen molar-refractivity contribution in [3.05, 3.63) is 40.3 Å². The molecule has 1 N–H and O–H groups in total. The first-order valence-electron chi connectivity index (χ1n) is 4.62. The molecule has 0 aromatic carbocycles. The largest absolute Gasteiger partial charge is 0.433 e. The smallest absolute Gasteiger partial charge is 0.404 e. The van der Waals surface area contributed by atoms with Crippen molar-refractivity contribution in [2.24, 2.45) is 7.05 Å². The Morgan fingerprint density at radius 3 is 2.94 bits per heavy atom. The molecule has 7 heteroatoms. The lowest BCUT2D eigenvalue weighted by molar-refractivity contribution is -0.402. The molecule has 0 spiro atoms. The van der Waals surface area contributed by atoms with Crippen molar-refractivity contribution in [2.75, 3.05) is 5.32 Å². The Morgan fingerprint density at radius 1 is 1.56 bits per heavy atom. The van der Waals surface area contributed by atoms with Crippen LogP contribution in [0.15, 0.2) is 28.8 Å². The SMILES string of the molecule is Cn1ccc(NCc2ccc([N+](=O)[O-])o2)n1. The van der Waals surface area contributed by atoms with Gasteiger partial charge < -0.3 is 9.73 Å². The minimum absolute atomic E-state index is 0.252. The minimum atomic E-state index is -0.565. The van der Waals surface area contributed by atoms with Gasteiger partial charge in [0.15, 0.2) is 0 Å². The normalized spacial score (nSPS) is 10.3. The molecule has 2 heterocycles. The standard InChI is InChI=1S/C9H10N4O3/c1-12-5-4-8(11-12)10-6-7-2-3-9(16-7)13(14)15/h2-5H,6H2,1H3,(H,10,11). The summed E-state index contributed by atoms with van der Waals surface area (Å²) in [6.07, 6.45) is 1.80. The van der Waals surface area contributed by atoms with Gasteiger partial charge in [-0.1, -0.05) is 0 Å². The number of rotatable bonds is 4.